The fourth-order valence-electron chi connectivity index (χ4n) is 3.24. The van der Waals surface area contributed by atoms with E-state index in [0.717, 1.165) is 6.07 Å². The van der Waals surface area contributed by atoms with Crippen molar-refractivity contribution < 1.29 is 22.9 Å². The minimum Gasteiger partial charge on any atom is -0.505 e. The molecular formula is C23H20N6O5S. The van der Waals surface area contributed by atoms with Crippen molar-refractivity contribution in [3.63, 3.8) is 0 Å². The maximum absolute atomic E-state index is 12.1. The summed E-state index contributed by atoms with van der Waals surface area (Å²) in [4.78, 5) is 11.5. The maximum Gasteiger partial charge on any atom is 0.323 e. The SMILES string of the molecule is Nc1ccc(NC(=O)Nc2ccc(N=Nc3c(S(=O)(=O)O)cc4cc(N)ccc4c3O)cc2)cc1. The van der Waals surface area contributed by atoms with Crippen LogP contribution in [0, 0.1) is 0 Å². The molecule has 0 fully saturated rings. The molecule has 11 nitrogen and oxygen atoms in total. The normalized spacial score (nSPS) is 11.6. The Hall–Kier alpha value is -4.68. The average molecular weight is 493 g/mol. The third kappa shape index (κ3) is 5.46. The Labute approximate surface area is 199 Å². The molecule has 0 heterocycles. The quantitative estimate of drug-likeness (QED) is 0.128. The molecule has 12 heteroatoms. The standard InChI is InChI=1S/C23H20N6O5S/c24-14-1-4-16(5-2-14)26-23(31)27-17-6-8-18(9-7-17)28-29-21-20(35(32,33)34)12-13-11-15(25)3-10-19(13)22(21)30/h1-12,30H,24-25H2,(H2,26,27,31)(H,32,33,34). The molecular weight excluding hydrogens is 472 g/mol. The van der Waals surface area contributed by atoms with Crippen LogP contribution >= 0.6 is 0 Å². The van der Waals surface area contributed by atoms with E-state index in [9.17, 15) is 22.9 Å². The van der Waals surface area contributed by atoms with Crippen molar-refractivity contribution in [1.82, 2.24) is 0 Å². The van der Waals surface area contributed by atoms with Gasteiger partial charge >= 0.3 is 6.03 Å². The minimum atomic E-state index is -4.73. The molecule has 0 aliphatic rings. The molecule has 0 aliphatic heterocycles. The Balaban J connectivity index is 1.55. The first-order chi connectivity index (χ1) is 16.6. The molecule has 4 aromatic carbocycles. The highest BCUT2D eigenvalue weighted by molar-refractivity contribution is 7.86. The summed E-state index contributed by atoms with van der Waals surface area (Å²) in [7, 11) is -4.73. The number of amides is 2. The van der Waals surface area contributed by atoms with Gasteiger partial charge in [-0.25, -0.2) is 4.79 Å². The van der Waals surface area contributed by atoms with Crippen molar-refractivity contribution in [2.45, 2.75) is 4.90 Å². The van der Waals surface area contributed by atoms with Crippen LogP contribution < -0.4 is 22.1 Å². The van der Waals surface area contributed by atoms with Gasteiger partial charge in [0.1, 0.15) is 10.6 Å². The van der Waals surface area contributed by atoms with E-state index in [0.29, 0.717) is 33.8 Å². The van der Waals surface area contributed by atoms with Gasteiger partial charge in [0.25, 0.3) is 10.1 Å². The van der Waals surface area contributed by atoms with Gasteiger partial charge in [0.05, 0.1) is 5.69 Å². The highest BCUT2D eigenvalue weighted by atomic mass is 32.2. The monoisotopic (exact) mass is 492 g/mol. The van der Waals surface area contributed by atoms with E-state index in [1.807, 2.05) is 0 Å². The number of rotatable bonds is 5. The van der Waals surface area contributed by atoms with Gasteiger partial charge in [0.2, 0.25) is 0 Å². The van der Waals surface area contributed by atoms with Crippen molar-refractivity contribution >= 4 is 61.0 Å². The molecule has 4 aromatic rings. The van der Waals surface area contributed by atoms with Crippen LogP contribution in [0.3, 0.4) is 0 Å². The summed E-state index contributed by atoms with van der Waals surface area (Å²) in [5.41, 5.74) is 13.2. The van der Waals surface area contributed by atoms with Crippen molar-refractivity contribution in [2.75, 3.05) is 22.1 Å². The number of benzene rings is 4. The molecule has 0 saturated heterocycles. The zero-order valence-corrected chi connectivity index (χ0v) is 18.8. The second-order valence-corrected chi connectivity index (χ2v) is 8.87. The third-order valence-corrected chi connectivity index (χ3v) is 5.78. The first kappa shape index (κ1) is 23.5. The number of anilines is 4. The largest absolute Gasteiger partial charge is 0.505 e. The summed E-state index contributed by atoms with van der Waals surface area (Å²) in [6, 6.07) is 18.0. The number of phenols is 1. The first-order valence-electron chi connectivity index (χ1n) is 10.1. The summed E-state index contributed by atoms with van der Waals surface area (Å²) in [6.07, 6.45) is 0. The van der Waals surface area contributed by atoms with Crippen LogP contribution in [0.4, 0.5) is 38.9 Å². The maximum atomic E-state index is 12.1. The number of fused-ring (bicyclic) bond motifs is 1. The van der Waals surface area contributed by atoms with E-state index in [4.69, 9.17) is 11.5 Å². The van der Waals surface area contributed by atoms with Crippen LogP contribution in [0.5, 0.6) is 5.75 Å². The summed E-state index contributed by atoms with van der Waals surface area (Å²) in [5, 5.41) is 24.3. The topological polar surface area (TPSA) is 192 Å². The molecule has 0 radical (unpaired) electrons. The van der Waals surface area contributed by atoms with E-state index >= 15 is 0 Å². The van der Waals surface area contributed by atoms with Gasteiger partial charge in [-0.2, -0.15) is 13.5 Å². The number of phenolic OH excluding ortho intramolecular Hbond substituents is 1. The molecule has 0 aliphatic carbocycles. The van der Waals surface area contributed by atoms with Gasteiger partial charge in [-0.15, -0.1) is 5.11 Å². The molecule has 8 N–H and O–H groups in total. The van der Waals surface area contributed by atoms with Crippen molar-refractivity contribution in [1.29, 1.82) is 0 Å². The molecule has 2 amide bonds. The Bertz CT molecular complexity index is 1550. The number of carbonyl (C=O) groups is 1. The lowest BCUT2D eigenvalue weighted by molar-refractivity contribution is 0.262. The first-order valence-corrected chi connectivity index (χ1v) is 11.5. The number of hydrogen-bond donors (Lipinski definition) is 6. The lowest BCUT2D eigenvalue weighted by atomic mass is 10.1. The smallest absolute Gasteiger partial charge is 0.323 e. The van der Waals surface area contributed by atoms with Crippen molar-refractivity contribution in [3.05, 3.63) is 72.8 Å². The van der Waals surface area contributed by atoms with E-state index in [1.54, 1.807) is 36.4 Å². The Morgan fingerprint density at radius 2 is 1.37 bits per heavy atom. The van der Waals surface area contributed by atoms with Crippen LogP contribution in [0.15, 0.2) is 87.9 Å². The Kier molecular flexibility index (Phi) is 6.23. The molecule has 35 heavy (non-hydrogen) atoms. The highest BCUT2D eigenvalue weighted by Crippen LogP contribution is 2.41. The second-order valence-electron chi connectivity index (χ2n) is 7.48. The Morgan fingerprint density at radius 1 is 0.800 bits per heavy atom. The zero-order chi connectivity index (χ0) is 25.2. The number of urea groups is 1. The van der Waals surface area contributed by atoms with Crippen LogP contribution in [-0.4, -0.2) is 24.1 Å². The number of nitrogens with two attached hydrogens (primary N) is 2. The van der Waals surface area contributed by atoms with Crippen molar-refractivity contribution in [2.24, 2.45) is 10.2 Å². The van der Waals surface area contributed by atoms with E-state index in [-0.39, 0.29) is 5.39 Å². The summed E-state index contributed by atoms with van der Waals surface area (Å²) >= 11 is 0. The predicted octanol–water partition coefficient (Wildman–Crippen LogP) is 5.02. The molecule has 0 aromatic heterocycles. The fraction of sp³-hybridized carbons (Fsp3) is 0. The molecule has 4 rings (SSSR count). The molecule has 0 unspecified atom stereocenters. The van der Waals surface area contributed by atoms with E-state index < -0.39 is 32.5 Å². The second kappa shape index (κ2) is 9.29. The van der Waals surface area contributed by atoms with Crippen LogP contribution in [0.1, 0.15) is 0 Å². The number of carbonyl (C=O) groups excluding carboxylic acids is 1. The minimum absolute atomic E-state index is 0.284. The zero-order valence-electron chi connectivity index (χ0n) is 18.0. The van der Waals surface area contributed by atoms with Crippen LogP contribution in [0.25, 0.3) is 10.8 Å². The summed E-state index contributed by atoms with van der Waals surface area (Å²) in [5.74, 6) is -0.475. The lowest BCUT2D eigenvalue weighted by Crippen LogP contribution is -2.19. The summed E-state index contributed by atoms with van der Waals surface area (Å²) in [6.45, 7) is 0. The number of azo groups is 1. The van der Waals surface area contributed by atoms with Gasteiger partial charge in [0.15, 0.2) is 5.75 Å². The van der Waals surface area contributed by atoms with E-state index in [1.165, 1.54) is 30.3 Å². The molecule has 0 spiro atoms. The van der Waals surface area contributed by atoms with Gasteiger partial charge in [0, 0.05) is 28.1 Å². The lowest BCUT2D eigenvalue weighted by Gasteiger charge is -2.09. The molecule has 0 atom stereocenters. The number of hydrogen-bond acceptors (Lipinski definition) is 8. The summed E-state index contributed by atoms with van der Waals surface area (Å²) < 4.78 is 33.4. The number of aromatic hydroxyl groups is 1. The van der Waals surface area contributed by atoms with Crippen LogP contribution in [0.2, 0.25) is 0 Å². The van der Waals surface area contributed by atoms with E-state index in [2.05, 4.69) is 20.9 Å². The third-order valence-electron chi connectivity index (χ3n) is 4.91. The number of nitrogens with one attached hydrogen (secondary N) is 2. The number of nitrogens with zero attached hydrogens (tertiary/aromatic N) is 2. The number of nitrogen functional groups attached to an aromatic ring is 2. The van der Waals surface area contributed by atoms with Gasteiger partial charge < -0.3 is 27.2 Å². The fourth-order valence-corrected chi connectivity index (χ4v) is 3.90. The highest BCUT2D eigenvalue weighted by Gasteiger charge is 2.22. The molecule has 0 bridgehead atoms. The van der Waals surface area contributed by atoms with Gasteiger partial charge in [-0.3, -0.25) is 4.55 Å². The van der Waals surface area contributed by atoms with Gasteiger partial charge in [-0.05, 0) is 78.2 Å². The predicted molar refractivity (Wildman–Crippen MR) is 134 cm³/mol. The van der Waals surface area contributed by atoms with Crippen LogP contribution in [-0.2, 0) is 10.1 Å². The average Bonchev–Trinajstić information content (AvgIpc) is 2.80. The van der Waals surface area contributed by atoms with Crippen molar-refractivity contribution in [3.8, 4) is 5.75 Å². The molecule has 178 valence electrons. The molecule has 0 saturated carbocycles. The Morgan fingerprint density at radius 3 is 1.97 bits per heavy atom. The van der Waals surface area contributed by atoms with Gasteiger partial charge in [-0.1, -0.05) is 0 Å².